The van der Waals surface area contributed by atoms with E-state index in [4.69, 9.17) is 4.74 Å². The molecule has 0 saturated heterocycles. The van der Waals surface area contributed by atoms with E-state index in [0.29, 0.717) is 6.54 Å². The highest BCUT2D eigenvalue weighted by Crippen LogP contribution is 2.32. The highest BCUT2D eigenvalue weighted by Gasteiger charge is 2.26. The minimum atomic E-state index is -0.427. The third-order valence-electron chi connectivity index (χ3n) is 4.30. The minimum Gasteiger partial charge on any atom is -0.485 e. The molecule has 1 aromatic heterocycles. The second kappa shape index (κ2) is 7.38. The molecule has 1 aliphatic rings. The van der Waals surface area contributed by atoms with Crippen molar-refractivity contribution in [2.24, 2.45) is 0 Å². The molecule has 3 rings (SSSR count). The number of amides is 1. The van der Waals surface area contributed by atoms with Crippen LogP contribution >= 0.6 is 0 Å². The number of ether oxygens (including phenoxy) is 1. The Morgan fingerprint density at radius 1 is 1.36 bits per heavy atom. The van der Waals surface area contributed by atoms with Crippen LogP contribution in [0.25, 0.3) is 0 Å². The summed E-state index contributed by atoms with van der Waals surface area (Å²) in [6, 6.07) is 9.56. The molecule has 0 spiro atoms. The number of rotatable bonds is 5. The zero-order chi connectivity index (χ0) is 17.8. The zero-order valence-corrected chi connectivity index (χ0v) is 14.5. The summed E-state index contributed by atoms with van der Waals surface area (Å²) in [6.07, 6.45) is 2.86. The monoisotopic (exact) mass is 342 g/mol. The Bertz CT molecular complexity index is 805. The van der Waals surface area contributed by atoms with Gasteiger partial charge < -0.3 is 14.5 Å². The summed E-state index contributed by atoms with van der Waals surface area (Å²) in [5.74, 6) is 0.686. The fourth-order valence-corrected chi connectivity index (χ4v) is 2.95. The number of benzene rings is 1. The van der Waals surface area contributed by atoms with Crippen LogP contribution in [0.5, 0.6) is 5.75 Å². The normalized spacial score (nSPS) is 16.1. The summed E-state index contributed by atoms with van der Waals surface area (Å²) in [6.45, 7) is 4.13. The third kappa shape index (κ3) is 3.81. The fourth-order valence-electron chi connectivity index (χ4n) is 2.95. The predicted molar refractivity (Wildman–Crippen MR) is 94.9 cm³/mol. The number of hydrogen-bond donors (Lipinski definition) is 0. The van der Waals surface area contributed by atoms with Crippen LogP contribution in [0.4, 0.5) is 5.69 Å². The molecule has 0 bridgehead atoms. The summed E-state index contributed by atoms with van der Waals surface area (Å²) < 4.78 is 7.34. The largest absolute Gasteiger partial charge is 0.485 e. The van der Waals surface area contributed by atoms with E-state index in [0.717, 1.165) is 24.5 Å². The van der Waals surface area contributed by atoms with Crippen molar-refractivity contribution in [1.82, 2.24) is 14.5 Å². The van der Waals surface area contributed by atoms with Gasteiger partial charge in [-0.2, -0.15) is 0 Å². The first-order chi connectivity index (χ1) is 12.1. The molecule has 7 nitrogen and oxygen atoms in total. The van der Waals surface area contributed by atoms with Crippen molar-refractivity contribution >= 4 is 11.6 Å². The van der Waals surface area contributed by atoms with Crippen molar-refractivity contribution in [3.8, 4) is 5.75 Å². The molecule has 1 atom stereocenters. The van der Waals surface area contributed by atoms with Gasteiger partial charge in [-0.25, -0.2) is 9.78 Å². The number of nitrogens with zero attached hydrogens (tertiary/aromatic N) is 4. The molecule has 0 aliphatic carbocycles. The molecule has 0 fully saturated rings. The number of carbonyl (C=O) groups is 1. The SMILES string of the molecule is CCN1CC(CN(C)C(=O)Cn2cccnc2=O)Oc2ccccc21. The van der Waals surface area contributed by atoms with Gasteiger partial charge in [0.25, 0.3) is 0 Å². The molecule has 1 aliphatic heterocycles. The topological polar surface area (TPSA) is 67.7 Å². The lowest BCUT2D eigenvalue weighted by Gasteiger charge is -2.37. The number of fused-ring (bicyclic) bond motifs is 1. The van der Waals surface area contributed by atoms with E-state index in [2.05, 4.69) is 16.8 Å². The van der Waals surface area contributed by atoms with E-state index in [1.165, 1.54) is 10.8 Å². The van der Waals surface area contributed by atoms with E-state index >= 15 is 0 Å². The molecule has 1 unspecified atom stereocenters. The lowest BCUT2D eigenvalue weighted by atomic mass is 10.2. The van der Waals surface area contributed by atoms with Gasteiger partial charge in [0.05, 0.1) is 18.8 Å². The maximum absolute atomic E-state index is 12.4. The van der Waals surface area contributed by atoms with Crippen LogP contribution in [-0.4, -0.2) is 53.1 Å². The van der Waals surface area contributed by atoms with Gasteiger partial charge in [-0.1, -0.05) is 12.1 Å². The molecule has 25 heavy (non-hydrogen) atoms. The first-order valence-electron chi connectivity index (χ1n) is 8.34. The highest BCUT2D eigenvalue weighted by molar-refractivity contribution is 5.75. The first-order valence-corrected chi connectivity index (χ1v) is 8.34. The van der Waals surface area contributed by atoms with Crippen molar-refractivity contribution in [1.29, 1.82) is 0 Å². The van der Waals surface area contributed by atoms with Crippen molar-refractivity contribution in [3.05, 3.63) is 53.2 Å². The molecule has 1 amide bonds. The summed E-state index contributed by atoms with van der Waals surface area (Å²) in [5, 5.41) is 0. The minimum absolute atomic E-state index is 0.0238. The average molecular weight is 342 g/mol. The van der Waals surface area contributed by atoms with E-state index in [9.17, 15) is 9.59 Å². The van der Waals surface area contributed by atoms with E-state index < -0.39 is 5.69 Å². The molecule has 7 heteroatoms. The molecule has 0 N–H and O–H groups in total. The van der Waals surface area contributed by atoms with Gasteiger partial charge >= 0.3 is 5.69 Å². The van der Waals surface area contributed by atoms with Crippen molar-refractivity contribution in [3.63, 3.8) is 0 Å². The van der Waals surface area contributed by atoms with Crippen LogP contribution in [0.3, 0.4) is 0 Å². The van der Waals surface area contributed by atoms with Crippen LogP contribution in [0, 0.1) is 0 Å². The molecule has 0 saturated carbocycles. The highest BCUT2D eigenvalue weighted by atomic mass is 16.5. The molecule has 2 heterocycles. The Morgan fingerprint density at radius 3 is 2.92 bits per heavy atom. The van der Waals surface area contributed by atoms with E-state index in [1.54, 1.807) is 24.2 Å². The van der Waals surface area contributed by atoms with E-state index in [1.807, 2.05) is 24.3 Å². The quantitative estimate of drug-likeness (QED) is 0.811. The molecular formula is C18H22N4O3. The summed E-state index contributed by atoms with van der Waals surface area (Å²) in [4.78, 5) is 31.5. The van der Waals surface area contributed by atoms with Gasteiger partial charge in [-0.15, -0.1) is 0 Å². The van der Waals surface area contributed by atoms with Crippen LogP contribution in [0.1, 0.15) is 6.92 Å². The lowest BCUT2D eigenvalue weighted by Crippen LogP contribution is -2.47. The maximum atomic E-state index is 12.4. The number of carbonyl (C=O) groups excluding carboxylic acids is 1. The first kappa shape index (κ1) is 17.0. The van der Waals surface area contributed by atoms with Crippen LogP contribution in [0.2, 0.25) is 0 Å². The van der Waals surface area contributed by atoms with Crippen molar-refractivity contribution in [2.45, 2.75) is 19.6 Å². The van der Waals surface area contributed by atoms with Gasteiger partial charge in [-0.3, -0.25) is 9.36 Å². The Labute approximate surface area is 146 Å². The summed E-state index contributed by atoms with van der Waals surface area (Å²) in [5.41, 5.74) is 0.654. The third-order valence-corrected chi connectivity index (χ3v) is 4.30. The number of hydrogen-bond acceptors (Lipinski definition) is 5. The number of anilines is 1. The number of likely N-dealkylation sites (N-methyl/N-ethyl adjacent to an activating group) is 2. The number of para-hydroxylation sites is 2. The van der Waals surface area contributed by atoms with Gasteiger partial charge in [0.2, 0.25) is 5.91 Å². The Kier molecular flexibility index (Phi) is 5.02. The lowest BCUT2D eigenvalue weighted by molar-refractivity contribution is -0.131. The summed E-state index contributed by atoms with van der Waals surface area (Å²) in [7, 11) is 1.73. The average Bonchev–Trinajstić information content (AvgIpc) is 2.62. The van der Waals surface area contributed by atoms with Crippen LogP contribution < -0.4 is 15.3 Å². The van der Waals surface area contributed by atoms with Crippen molar-refractivity contribution in [2.75, 3.05) is 31.6 Å². The second-order valence-corrected chi connectivity index (χ2v) is 6.05. The van der Waals surface area contributed by atoms with Crippen LogP contribution in [0.15, 0.2) is 47.5 Å². The Morgan fingerprint density at radius 2 is 2.16 bits per heavy atom. The predicted octanol–water partition coefficient (Wildman–Crippen LogP) is 0.989. The standard InChI is InChI=1S/C18H22N4O3/c1-3-21-12-14(25-16-8-5-4-7-15(16)21)11-20(2)17(23)13-22-10-6-9-19-18(22)24/h4-10,14H,3,11-13H2,1-2H3. The van der Waals surface area contributed by atoms with Gasteiger partial charge in [0, 0.05) is 26.0 Å². The van der Waals surface area contributed by atoms with E-state index in [-0.39, 0.29) is 18.6 Å². The Hall–Kier alpha value is -2.83. The molecule has 0 radical (unpaired) electrons. The number of aromatic nitrogens is 2. The smallest absolute Gasteiger partial charge is 0.347 e. The molecular weight excluding hydrogens is 320 g/mol. The maximum Gasteiger partial charge on any atom is 0.347 e. The molecule has 132 valence electrons. The fraction of sp³-hybridized carbons (Fsp3) is 0.389. The van der Waals surface area contributed by atoms with Crippen LogP contribution in [-0.2, 0) is 11.3 Å². The van der Waals surface area contributed by atoms with Gasteiger partial charge in [0.15, 0.2) is 0 Å². The van der Waals surface area contributed by atoms with Gasteiger partial charge in [0.1, 0.15) is 18.4 Å². The second-order valence-electron chi connectivity index (χ2n) is 6.05. The molecule has 2 aromatic rings. The summed E-state index contributed by atoms with van der Waals surface area (Å²) >= 11 is 0. The van der Waals surface area contributed by atoms with Gasteiger partial charge in [-0.05, 0) is 25.1 Å². The molecule has 1 aromatic carbocycles. The van der Waals surface area contributed by atoms with Crippen molar-refractivity contribution < 1.29 is 9.53 Å². The zero-order valence-electron chi connectivity index (χ0n) is 14.5. The Balaban J connectivity index is 1.65.